The highest BCUT2D eigenvalue weighted by molar-refractivity contribution is 5.93. The highest BCUT2D eigenvalue weighted by Crippen LogP contribution is 2.24. The first-order valence-electron chi connectivity index (χ1n) is 5.86. The fraction of sp³-hybridized carbons (Fsp3) is 0.462. The number of hydrogen-bond acceptors (Lipinski definition) is 3. The van der Waals surface area contributed by atoms with E-state index in [0.29, 0.717) is 24.5 Å². The van der Waals surface area contributed by atoms with Gasteiger partial charge >= 0.3 is 0 Å². The molecule has 1 amide bonds. The molecule has 1 rings (SSSR count). The molecule has 94 valence electrons. The molecule has 0 saturated carbocycles. The molecule has 0 aromatic heterocycles. The van der Waals surface area contributed by atoms with Crippen LogP contribution >= 0.6 is 0 Å². The number of ether oxygens (including phenoxy) is 1. The Kier molecular flexibility index (Phi) is 5.49. The van der Waals surface area contributed by atoms with E-state index in [0.717, 1.165) is 0 Å². The summed E-state index contributed by atoms with van der Waals surface area (Å²) in [6.45, 7) is 4.17. The van der Waals surface area contributed by atoms with Crippen LogP contribution in [0.5, 0.6) is 5.75 Å². The van der Waals surface area contributed by atoms with Crippen molar-refractivity contribution < 1.29 is 14.6 Å². The van der Waals surface area contributed by atoms with Gasteiger partial charge in [0.25, 0.3) is 0 Å². The Balaban J connectivity index is 2.76. The van der Waals surface area contributed by atoms with E-state index in [-0.39, 0.29) is 18.4 Å². The standard InChI is InChI=1S/C13H19NO3/c1-3-10(9-15)13(16)14-11-7-5-6-8-12(11)17-4-2/h5-8,10,15H,3-4,9H2,1-2H3,(H,14,16). The number of nitrogens with one attached hydrogen (secondary N) is 1. The summed E-state index contributed by atoms with van der Waals surface area (Å²) in [6.07, 6.45) is 0.610. The lowest BCUT2D eigenvalue weighted by atomic mass is 10.1. The number of hydrogen-bond donors (Lipinski definition) is 2. The predicted molar refractivity (Wildman–Crippen MR) is 67.1 cm³/mol. The van der Waals surface area contributed by atoms with E-state index in [4.69, 9.17) is 9.84 Å². The number of benzene rings is 1. The molecule has 17 heavy (non-hydrogen) atoms. The normalized spacial score (nSPS) is 11.9. The third-order valence-electron chi connectivity index (χ3n) is 2.53. The van der Waals surface area contributed by atoms with E-state index < -0.39 is 0 Å². The van der Waals surface area contributed by atoms with Crippen LogP contribution in [0.4, 0.5) is 5.69 Å². The van der Waals surface area contributed by atoms with Crippen molar-refractivity contribution in [1.29, 1.82) is 0 Å². The number of carbonyl (C=O) groups is 1. The highest BCUT2D eigenvalue weighted by atomic mass is 16.5. The zero-order valence-corrected chi connectivity index (χ0v) is 10.3. The van der Waals surface area contributed by atoms with E-state index in [9.17, 15) is 4.79 Å². The van der Waals surface area contributed by atoms with Gasteiger partial charge in [-0.15, -0.1) is 0 Å². The van der Waals surface area contributed by atoms with Crippen LogP contribution in [0.1, 0.15) is 20.3 Å². The Morgan fingerprint density at radius 1 is 1.41 bits per heavy atom. The Hall–Kier alpha value is -1.55. The van der Waals surface area contributed by atoms with E-state index >= 15 is 0 Å². The number of aliphatic hydroxyl groups excluding tert-OH is 1. The average Bonchev–Trinajstić information content (AvgIpc) is 2.33. The van der Waals surface area contributed by atoms with E-state index in [1.807, 2.05) is 26.0 Å². The largest absolute Gasteiger partial charge is 0.492 e. The monoisotopic (exact) mass is 237 g/mol. The molecular weight excluding hydrogens is 218 g/mol. The molecule has 0 aliphatic heterocycles. The molecule has 1 unspecified atom stereocenters. The van der Waals surface area contributed by atoms with Crippen LogP contribution in [0.25, 0.3) is 0 Å². The molecule has 0 saturated heterocycles. The quantitative estimate of drug-likeness (QED) is 0.796. The van der Waals surface area contributed by atoms with Crippen LogP contribution in [0.2, 0.25) is 0 Å². The van der Waals surface area contributed by atoms with Crippen molar-refractivity contribution in [3.8, 4) is 5.75 Å². The number of para-hydroxylation sites is 2. The van der Waals surface area contributed by atoms with Crippen molar-refractivity contribution in [3.63, 3.8) is 0 Å². The molecule has 0 aliphatic carbocycles. The molecule has 0 spiro atoms. The van der Waals surface area contributed by atoms with Gasteiger partial charge in [0.1, 0.15) is 5.75 Å². The summed E-state index contributed by atoms with van der Waals surface area (Å²) < 4.78 is 5.41. The molecule has 0 bridgehead atoms. The molecule has 4 nitrogen and oxygen atoms in total. The van der Waals surface area contributed by atoms with Crippen LogP contribution in [0.15, 0.2) is 24.3 Å². The summed E-state index contributed by atoms with van der Waals surface area (Å²) in [5.41, 5.74) is 0.645. The number of amides is 1. The fourth-order valence-electron chi connectivity index (χ4n) is 1.48. The van der Waals surface area contributed by atoms with Gasteiger partial charge < -0.3 is 15.2 Å². The van der Waals surface area contributed by atoms with Gasteiger partial charge in [-0.05, 0) is 25.5 Å². The molecule has 1 aromatic rings. The molecule has 0 radical (unpaired) electrons. The Morgan fingerprint density at radius 2 is 2.12 bits per heavy atom. The second-order valence-corrected chi connectivity index (χ2v) is 3.71. The van der Waals surface area contributed by atoms with Crippen molar-refractivity contribution >= 4 is 11.6 Å². The van der Waals surface area contributed by atoms with Gasteiger partial charge in [-0.25, -0.2) is 0 Å². The summed E-state index contributed by atoms with van der Waals surface area (Å²) >= 11 is 0. The lowest BCUT2D eigenvalue weighted by Gasteiger charge is -2.14. The summed E-state index contributed by atoms with van der Waals surface area (Å²) in [7, 11) is 0. The maximum absolute atomic E-state index is 11.8. The molecule has 4 heteroatoms. The van der Waals surface area contributed by atoms with Crippen molar-refractivity contribution in [2.75, 3.05) is 18.5 Å². The maximum Gasteiger partial charge on any atom is 0.229 e. The van der Waals surface area contributed by atoms with Gasteiger partial charge in [0, 0.05) is 0 Å². The minimum Gasteiger partial charge on any atom is -0.492 e. The fourth-order valence-corrected chi connectivity index (χ4v) is 1.48. The number of carbonyl (C=O) groups excluding carboxylic acids is 1. The molecule has 0 aliphatic rings. The highest BCUT2D eigenvalue weighted by Gasteiger charge is 2.16. The first-order valence-corrected chi connectivity index (χ1v) is 5.86. The van der Waals surface area contributed by atoms with Crippen molar-refractivity contribution in [2.24, 2.45) is 5.92 Å². The molecule has 1 aromatic carbocycles. The van der Waals surface area contributed by atoms with Crippen molar-refractivity contribution in [3.05, 3.63) is 24.3 Å². The first kappa shape index (κ1) is 13.5. The van der Waals surface area contributed by atoms with Crippen LogP contribution in [-0.2, 0) is 4.79 Å². The topological polar surface area (TPSA) is 58.6 Å². The zero-order chi connectivity index (χ0) is 12.7. The van der Waals surface area contributed by atoms with Crippen LogP contribution in [0, 0.1) is 5.92 Å². The van der Waals surface area contributed by atoms with E-state index in [1.54, 1.807) is 12.1 Å². The third kappa shape index (κ3) is 3.75. The Bertz CT molecular complexity index is 361. The second kappa shape index (κ2) is 6.91. The molecule has 2 N–H and O–H groups in total. The minimum absolute atomic E-state index is 0.140. The van der Waals surface area contributed by atoms with Crippen LogP contribution < -0.4 is 10.1 Å². The number of anilines is 1. The summed E-state index contributed by atoms with van der Waals surface area (Å²) in [6, 6.07) is 7.27. The average molecular weight is 237 g/mol. The lowest BCUT2D eigenvalue weighted by Crippen LogP contribution is -2.25. The van der Waals surface area contributed by atoms with Gasteiger partial charge in [-0.1, -0.05) is 19.1 Å². The van der Waals surface area contributed by atoms with Gasteiger partial charge in [0.05, 0.1) is 24.8 Å². The molecule has 0 fully saturated rings. The SMILES string of the molecule is CCOc1ccccc1NC(=O)C(CC)CO. The van der Waals surface area contributed by atoms with Crippen LogP contribution in [0.3, 0.4) is 0 Å². The van der Waals surface area contributed by atoms with Gasteiger partial charge in [0.15, 0.2) is 0 Å². The zero-order valence-electron chi connectivity index (χ0n) is 10.3. The van der Waals surface area contributed by atoms with Gasteiger partial charge in [-0.2, -0.15) is 0 Å². The third-order valence-corrected chi connectivity index (χ3v) is 2.53. The van der Waals surface area contributed by atoms with Gasteiger partial charge in [0.2, 0.25) is 5.91 Å². The Morgan fingerprint density at radius 3 is 2.71 bits per heavy atom. The number of aliphatic hydroxyl groups is 1. The van der Waals surface area contributed by atoms with Gasteiger partial charge in [-0.3, -0.25) is 4.79 Å². The first-order chi connectivity index (χ1) is 8.22. The second-order valence-electron chi connectivity index (χ2n) is 3.71. The number of rotatable bonds is 6. The van der Waals surface area contributed by atoms with E-state index in [2.05, 4.69) is 5.32 Å². The van der Waals surface area contributed by atoms with Crippen molar-refractivity contribution in [2.45, 2.75) is 20.3 Å². The summed E-state index contributed by atoms with van der Waals surface area (Å²) in [5, 5.41) is 11.8. The van der Waals surface area contributed by atoms with Crippen LogP contribution in [-0.4, -0.2) is 24.2 Å². The van der Waals surface area contributed by atoms with Crippen molar-refractivity contribution in [1.82, 2.24) is 0 Å². The predicted octanol–water partition coefficient (Wildman–Crippen LogP) is 2.04. The minimum atomic E-state index is -0.371. The van der Waals surface area contributed by atoms with E-state index in [1.165, 1.54) is 0 Å². The smallest absolute Gasteiger partial charge is 0.229 e. The maximum atomic E-state index is 11.8. The molecule has 1 atom stereocenters. The summed E-state index contributed by atoms with van der Waals surface area (Å²) in [4.78, 5) is 11.8. The Labute approximate surface area is 102 Å². The summed E-state index contributed by atoms with van der Waals surface area (Å²) in [5.74, 6) is 0.1000. The lowest BCUT2D eigenvalue weighted by molar-refractivity contribution is -0.121. The molecular formula is C13H19NO3. The molecule has 0 heterocycles.